The van der Waals surface area contributed by atoms with E-state index in [1.54, 1.807) is 12.1 Å². The number of hydrogen-bond acceptors (Lipinski definition) is 1. The van der Waals surface area contributed by atoms with Crippen LogP contribution in [-0.2, 0) is 0 Å². The first kappa shape index (κ1) is 14.2. The molecule has 0 bridgehead atoms. The van der Waals surface area contributed by atoms with Crippen LogP contribution in [0.3, 0.4) is 0 Å². The van der Waals surface area contributed by atoms with Crippen LogP contribution >= 0.6 is 23.2 Å². The molecule has 0 saturated heterocycles. The Morgan fingerprint density at radius 3 is 2.42 bits per heavy atom. The summed E-state index contributed by atoms with van der Waals surface area (Å²) in [7, 11) is 0. The van der Waals surface area contributed by atoms with Crippen LogP contribution in [0.2, 0.25) is 5.02 Å². The maximum Gasteiger partial charge on any atom is 0.129 e. The van der Waals surface area contributed by atoms with Gasteiger partial charge in [-0.05, 0) is 36.8 Å². The van der Waals surface area contributed by atoms with Gasteiger partial charge in [0.2, 0.25) is 0 Å². The molecule has 2 aromatic rings. The Morgan fingerprint density at radius 1 is 1.16 bits per heavy atom. The Hall–Kier alpha value is -1.25. The van der Waals surface area contributed by atoms with E-state index in [2.05, 4.69) is 0 Å². The van der Waals surface area contributed by atoms with Crippen LogP contribution < -0.4 is 4.74 Å². The van der Waals surface area contributed by atoms with Crippen LogP contribution in [0.4, 0.5) is 4.39 Å². The summed E-state index contributed by atoms with van der Waals surface area (Å²) in [5.41, 5.74) is 1.08. The maximum absolute atomic E-state index is 13.8. The van der Waals surface area contributed by atoms with Crippen molar-refractivity contribution >= 4 is 23.2 Å². The van der Waals surface area contributed by atoms with Gasteiger partial charge >= 0.3 is 0 Å². The van der Waals surface area contributed by atoms with E-state index < -0.39 is 11.2 Å². The minimum absolute atomic E-state index is 0.301. The van der Waals surface area contributed by atoms with Crippen molar-refractivity contribution in [2.24, 2.45) is 0 Å². The van der Waals surface area contributed by atoms with Gasteiger partial charge in [0, 0.05) is 10.6 Å². The van der Waals surface area contributed by atoms with Gasteiger partial charge in [-0.2, -0.15) is 0 Å². The first-order valence-electron chi connectivity index (χ1n) is 5.94. The highest BCUT2D eigenvalue weighted by Gasteiger charge is 2.18. The molecule has 2 rings (SSSR count). The first-order chi connectivity index (χ1) is 9.13. The summed E-state index contributed by atoms with van der Waals surface area (Å²) in [5, 5.41) is -0.293. The van der Waals surface area contributed by atoms with Gasteiger partial charge in [0.1, 0.15) is 11.6 Å². The van der Waals surface area contributed by atoms with E-state index in [9.17, 15) is 4.39 Å². The third-order valence-corrected chi connectivity index (χ3v) is 3.54. The molecule has 0 fully saturated rings. The van der Waals surface area contributed by atoms with Gasteiger partial charge in [0.15, 0.2) is 0 Å². The smallest absolute Gasteiger partial charge is 0.129 e. The summed E-state index contributed by atoms with van der Waals surface area (Å²) in [6.07, 6.45) is 0. The zero-order valence-electron chi connectivity index (χ0n) is 10.4. The fourth-order valence-corrected chi connectivity index (χ4v) is 2.51. The number of halogens is 3. The second-order valence-corrected chi connectivity index (χ2v) is 4.84. The second-order valence-electron chi connectivity index (χ2n) is 4.00. The molecule has 0 radical (unpaired) electrons. The zero-order chi connectivity index (χ0) is 13.8. The Labute approximate surface area is 121 Å². The standard InChI is InChI=1S/C15H13Cl2FO/c1-2-19-11-8-6-10(7-9-11)15(17)14-12(16)4-3-5-13(14)18/h3-9,15H,2H2,1H3. The predicted molar refractivity (Wildman–Crippen MR) is 76.7 cm³/mol. The molecule has 1 atom stereocenters. The molecule has 1 nitrogen and oxygen atoms in total. The largest absolute Gasteiger partial charge is 0.494 e. The molecule has 100 valence electrons. The van der Waals surface area contributed by atoms with Crippen molar-refractivity contribution in [2.75, 3.05) is 6.61 Å². The normalized spacial score (nSPS) is 12.2. The van der Waals surface area contributed by atoms with Crippen LogP contribution in [0.15, 0.2) is 42.5 Å². The van der Waals surface area contributed by atoms with Crippen molar-refractivity contribution in [1.82, 2.24) is 0 Å². The third kappa shape index (κ3) is 3.20. The lowest BCUT2D eigenvalue weighted by molar-refractivity contribution is 0.340. The van der Waals surface area contributed by atoms with Crippen molar-refractivity contribution in [3.8, 4) is 5.75 Å². The number of hydrogen-bond donors (Lipinski definition) is 0. The van der Waals surface area contributed by atoms with Crippen LogP contribution in [0.5, 0.6) is 5.75 Å². The number of alkyl halides is 1. The topological polar surface area (TPSA) is 9.23 Å². The lowest BCUT2D eigenvalue weighted by atomic mass is 10.0. The Balaban J connectivity index is 2.31. The van der Waals surface area contributed by atoms with Crippen LogP contribution in [-0.4, -0.2) is 6.61 Å². The van der Waals surface area contributed by atoms with Crippen LogP contribution in [0.25, 0.3) is 0 Å². The minimum atomic E-state index is -0.621. The van der Waals surface area contributed by atoms with Gasteiger partial charge in [-0.15, -0.1) is 11.6 Å². The molecule has 4 heteroatoms. The minimum Gasteiger partial charge on any atom is -0.494 e. The lowest BCUT2D eigenvalue weighted by Crippen LogP contribution is -1.99. The number of ether oxygens (including phenoxy) is 1. The van der Waals surface area contributed by atoms with Gasteiger partial charge in [-0.1, -0.05) is 29.8 Å². The van der Waals surface area contributed by atoms with Gasteiger partial charge in [0.05, 0.1) is 12.0 Å². The summed E-state index contributed by atoms with van der Waals surface area (Å²) in [6.45, 7) is 2.51. The quantitative estimate of drug-likeness (QED) is 0.704. The highest BCUT2D eigenvalue weighted by atomic mass is 35.5. The second kappa shape index (κ2) is 6.27. The number of benzene rings is 2. The zero-order valence-corrected chi connectivity index (χ0v) is 11.9. The Kier molecular flexibility index (Phi) is 4.67. The van der Waals surface area contributed by atoms with E-state index >= 15 is 0 Å². The van der Waals surface area contributed by atoms with Gasteiger partial charge < -0.3 is 4.74 Å². The molecule has 0 amide bonds. The van der Waals surface area contributed by atoms with E-state index in [0.717, 1.165) is 11.3 Å². The van der Waals surface area contributed by atoms with E-state index in [4.69, 9.17) is 27.9 Å². The summed E-state index contributed by atoms with van der Waals surface area (Å²) in [5.74, 6) is 0.358. The third-order valence-electron chi connectivity index (χ3n) is 2.74. The summed E-state index contributed by atoms with van der Waals surface area (Å²) in [6, 6.07) is 11.8. The molecule has 0 aliphatic rings. The van der Waals surface area contributed by atoms with Crippen molar-refractivity contribution in [1.29, 1.82) is 0 Å². The molecule has 1 unspecified atom stereocenters. The molecule has 0 heterocycles. The molecular weight excluding hydrogens is 286 g/mol. The highest BCUT2D eigenvalue weighted by molar-refractivity contribution is 6.33. The van der Waals surface area contributed by atoms with Crippen molar-refractivity contribution in [3.05, 3.63) is 64.4 Å². The van der Waals surface area contributed by atoms with Crippen LogP contribution in [0.1, 0.15) is 23.4 Å². The predicted octanol–water partition coefficient (Wildman–Crippen LogP) is 5.21. The SMILES string of the molecule is CCOc1ccc(C(Cl)c2c(F)cccc2Cl)cc1. The average Bonchev–Trinajstić information content (AvgIpc) is 2.39. The maximum atomic E-state index is 13.8. The van der Waals surface area contributed by atoms with Gasteiger partial charge in [0.25, 0.3) is 0 Å². The molecule has 0 aliphatic heterocycles. The van der Waals surface area contributed by atoms with E-state index in [1.807, 2.05) is 31.2 Å². The lowest BCUT2D eigenvalue weighted by Gasteiger charge is -2.13. The highest BCUT2D eigenvalue weighted by Crippen LogP contribution is 2.35. The monoisotopic (exact) mass is 298 g/mol. The molecular formula is C15H13Cl2FO. The fourth-order valence-electron chi connectivity index (χ4n) is 1.82. The molecule has 0 saturated carbocycles. The molecule has 0 N–H and O–H groups in total. The molecule has 0 aliphatic carbocycles. The molecule has 0 aromatic heterocycles. The molecule has 2 aromatic carbocycles. The number of rotatable bonds is 4. The Bertz CT molecular complexity index is 534. The van der Waals surface area contributed by atoms with Crippen molar-refractivity contribution in [2.45, 2.75) is 12.3 Å². The Morgan fingerprint density at radius 2 is 1.84 bits per heavy atom. The van der Waals surface area contributed by atoms with E-state index in [1.165, 1.54) is 6.07 Å². The van der Waals surface area contributed by atoms with E-state index in [-0.39, 0.29) is 0 Å². The summed E-state index contributed by atoms with van der Waals surface area (Å²) < 4.78 is 19.1. The first-order valence-corrected chi connectivity index (χ1v) is 6.75. The van der Waals surface area contributed by atoms with Crippen LogP contribution in [0, 0.1) is 5.82 Å². The molecule has 19 heavy (non-hydrogen) atoms. The average molecular weight is 299 g/mol. The fraction of sp³-hybridized carbons (Fsp3) is 0.200. The van der Waals surface area contributed by atoms with Gasteiger partial charge in [-0.3, -0.25) is 0 Å². The summed E-state index contributed by atoms with van der Waals surface area (Å²) in [4.78, 5) is 0. The molecule has 0 spiro atoms. The van der Waals surface area contributed by atoms with Crippen molar-refractivity contribution in [3.63, 3.8) is 0 Å². The van der Waals surface area contributed by atoms with Crippen molar-refractivity contribution < 1.29 is 9.13 Å². The van der Waals surface area contributed by atoms with Gasteiger partial charge in [-0.25, -0.2) is 4.39 Å². The summed E-state index contributed by atoms with van der Waals surface area (Å²) >= 11 is 12.3. The van der Waals surface area contributed by atoms with E-state index in [0.29, 0.717) is 17.2 Å².